The van der Waals surface area contributed by atoms with E-state index in [0.29, 0.717) is 19.4 Å². The lowest BCUT2D eigenvalue weighted by Crippen LogP contribution is -2.30. The molecule has 3 rings (SSSR count). The van der Waals surface area contributed by atoms with Crippen LogP contribution >= 0.6 is 11.3 Å². The van der Waals surface area contributed by atoms with Gasteiger partial charge in [0.25, 0.3) is 0 Å². The summed E-state index contributed by atoms with van der Waals surface area (Å²) in [6.45, 7) is 0.752. The number of aryl methyl sites for hydroxylation is 1. The van der Waals surface area contributed by atoms with E-state index >= 15 is 0 Å². The molecule has 2 unspecified atom stereocenters. The first-order valence-corrected chi connectivity index (χ1v) is 8.52. The Labute approximate surface area is 138 Å². The van der Waals surface area contributed by atoms with E-state index in [1.54, 1.807) is 10.4 Å². The second-order valence-corrected chi connectivity index (χ2v) is 6.46. The average molecular weight is 330 g/mol. The molecule has 2 aromatic rings. The zero-order chi connectivity index (χ0) is 16.2. The van der Waals surface area contributed by atoms with Gasteiger partial charge in [-0.1, -0.05) is 30.3 Å². The van der Waals surface area contributed by atoms with Gasteiger partial charge in [-0.05, 0) is 12.0 Å². The van der Waals surface area contributed by atoms with E-state index in [0.717, 1.165) is 11.3 Å². The van der Waals surface area contributed by atoms with Crippen molar-refractivity contribution in [3.05, 3.63) is 52.5 Å². The van der Waals surface area contributed by atoms with Crippen LogP contribution in [0.25, 0.3) is 0 Å². The molecule has 2 atom stereocenters. The van der Waals surface area contributed by atoms with Crippen LogP contribution < -0.4 is 0 Å². The Bertz CT molecular complexity index is 672. The summed E-state index contributed by atoms with van der Waals surface area (Å²) >= 11 is 1.51. The van der Waals surface area contributed by atoms with Crippen LogP contribution in [-0.2, 0) is 16.0 Å². The van der Waals surface area contributed by atoms with Crippen molar-refractivity contribution in [1.82, 2.24) is 9.88 Å². The molecule has 5 nitrogen and oxygen atoms in total. The fourth-order valence-electron chi connectivity index (χ4n) is 3.05. The number of nitrogens with zero attached hydrogens (tertiary/aromatic N) is 2. The number of amides is 1. The first-order valence-electron chi connectivity index (χ1n) is 7.57. The van der Waals surface area contributed by atoms with Crippen LogP contribution in [0.1, 0.15) is 23.6 Å². The molecule has 6 heteroatoms. The zero-order valence-electron chi connectivity index (χ0n) is 12.6. The standard InChI is InChI=1S/C17H18N2O3S/c20-16(7-6-13-10-23-11-18-13)19-8-14(15(9-19)17(21)22)12-4-2-1-3-5-12/h1-5,10-11,14-15H,6-9H2,(H,21,22). The Morgan fingerprint density at radius 3 is 2.70 bits per heavy atom. The summed E-state index contributed by atoms with van der Waals surface area (Å²) in [5, 5.41) is 11.4. The van der Waals surface area contributed by atoms with Gasteiger partial charge in [0.15, 0.2) is 0 Å². The van der Waals surface area contributed by atoms with Crippen molar-refractivity contribution >= 4 is 23.2 Å². The number of rotatable bonds is 5. The van der Waals surface area contributed by atoms with Crippen LogP contribution in [0, 0.1) is 5.92 Å². The van der Waals surface area contributed by atoms with E-state index in [4.69, 9.17) is 0 Å². The number of aromatic nitrogens is 1. The van der Waals surface area contributed by atoms with Gasteiger partial charge in [0, 0.05) is 30.8 Å². The SMILES string of the molecule is O=C(O)C1CN(C(=O)CCc2cscn2)CC1c1ccccc1. The summed E-state index contributed by atoms with van der Waals surface area (Å²) < 4.78 is 0. The van der Waals surface area contributed by atoms with Gasteiger partial charge >= 0.3 is 5.97 Å². The molecule has 1 aromatic heterocycles. The maximum absolute atomic E-state index is 12.4. The fraction of sp³-hybridized carbons (Fsp3) is 0.353. The predicted octanol–water partition coefficient (Wildman–Crippen LogP) is 2.40. The number of hydrogen-bond donors (Lipinski definition) is 1. The first-order chi connectivity index (χ1) is 11.1. The Hall–Kier alpha value is -2.21. The minimum Gasteiger partial charge on any atom is -0.481 e. The van der Waals surface area contributed by atoms with Crippen molar-refractivity contribution in [2.75, 3.05) is 13.1 Å². The molecule has 1 aromatic carbocycles. The van der Waals surface area contributed by atoms with Crippen LogP contribution in [-0.4, -0.2) is 40.0 Å². The second-order valence-electron chi connectivity index (χ2n) is 5.74. The van der Waals surface area contributed by atoms with E-state index in [-0.39, 0.29) is 18.4 Å². The van der Waals surface area contributed by atoms with Crippen LogP contribution in [0.4, 0.5) is 0 Å². The summed E-state index contributed by atoms with van der Waals surface area (Å²) in [5.41, 5.74) is 3.65. The Morgan fingerprint density at radius 1 is 1.26 bits per heavy atom. The molecule has 1 aliphatic heterocycles. The van der Waals surface area contributed by atoms with Gasteiger partial charge in [-0.3, -0.25) is 9.59 Å². The fourth-order valence-corrected chi connectivity index (χ4v) is 3.64. The third-order valence-electron chi connectivity index (χ3n) is 4.30. The molecule has 2 heterocycles. The van der Waals surface area contributed by atoms with Crippen LogP contribution in [0.5, 0.6) is 0 Å². The number of likely N-dealkylation sites (tertiary alicyclic amines) is 1. The predicted molar refractivity (Wildman–Crippen MR) is 87.3 cm³/mol. The number of carbonyl (C=O) groups excluding carboxylic acids is 1. The quantitative estimate of drug-likeness (QED) is 0.914. The van der Waals surface area contributed by atoms with Crippen molar-refractivity contribution in [2.24, 2.45) is 5.92 Å². The first kappa shape index (κ1) is 15.7. The van der Waals surface area contributed by atoms with Crippen molar-refractivity contribution in [1.29, 1.82) is 0 Å². The summed E-state index contributed by atoms with van der Waals surface area (Å²) in [6, 6.07) is 9.58. The summed E-state index contributed by atoms with van der Waals surface area (Å²) in [4.78, 5) is 29.8. The number of aliphatic carboxylic acids is 1. The van der Waals surface area contributed by atoms with Gasteiger partial charge in [-0.2, -0.15) is 0 Å². The summed E-state index contributed by atoms with van der Waals surface area (Å²) in [5.74, 6) is -1.52. The maximum Gasteiger partial charge on any atom is 0.308 e. The van der Waals surface area contributed by atoms with Gasteiger partial charge in [0.2, 0.25) is 5.91 Å². The molecule has 1 amide bonds. The van der Waals surface area contributed by atoms with E-state index < -0.39 is 11.9 Å². The van der Waals surface area contributed by atoms with Crippen molar-refractivity contribution in [2.45, 2.75) is 18.8 Å². The zero-order valence-corrected chi connectivity index (χ0v) is 13.4. The number of carboxylic acids is 1. The number of thiazole rings is 1. The smallest absolute Gasteiger partial charge is 0.308 e. The lowest BCUT2D eigenvalue weighted by Gasteiger charge is -2.16. The molecular formula is C17H18N2O3S. The summed E-state index contributed by atoms with van der Waals surface area (Å²) in [6.07, 6.45) is 0.976. The van der Waals surface area contributed by atoms with E-state index in [1.165, 1.54) is 11.3 Å². The van der Waals surface area contributed by atoms with Gasteiger partial charge < -0.3 is 10.0 Å². The topological polar surface area (TPSA) is 70.5 Å². The van der Waals surface area contributed by atoms with Crippen molar-refractivity contribution in [3.63, 3.8) is 0 Å². The Kier molecular flexibility index (Phi) is 4.71. The number of carboxylic acid groups (broad SMARTS) is 1. The molecule has 0 aliphatic carbocycles. The molecule has 0 saturated carbocycles. The van der Waals surface area contributed by atoms with E-state index in [1.807, 2.05) is 35.7 Å². The molecule has 1 aliphatic rings. The van der Waals surface area contributed by atoms with Crippen LogP contribution in [0.15, 0.2) is 41.2 Å². The number of carbonyl (C=O) groups is 2. The average Bonchev–Trinajstić information content (AvgIpc) is 3.23. The second kappa shape index (κ2) is 6.91. The van der Waals surface area contributed by atoms with Crippen LogP contribution in [0.2, 0.25) is 0 Å². The number of benzene rings is 1. The summed E-state index contributed by atoms with van der Waals surface area (Å²) in [7, 11) is 0. The lowest BCUT2D eigenvalue weighted by molar-refractivity contribution is -0.141. The lowest BCUT2D eigenvalue weighted by atomic mass is 9.89. The van der Waals surface area contributed by atoms with Gasteiger partial charge in [-0.25, -0.2) is 4.98 Å². The van der Waals surface area contributed by atoms with Crippen molar-refractivity contribution in [3.8, 4) is 0 Å². The van der Waals surface area contributed by atoms with Gasteiger partial charge in [-0.15, -0.1) is 11.3 Å². The van der Waals surface area contributed by atoms with Gasteiger partial charge in [0.1, 0.15) is 0 Å². The molecule has 0 spiro atoms. The molecule has 1 fully saturated rings. The Balaban J connectivity index is 1.67. The largest absolute Gasteiger partial charge is 0.481 e. The molecule has 0 radical (unpaired) electrons. The highest BCUT2D eigenvalue weighted by molar-refractivity contribution is 7.07. The van der Waals surface area contributed by atoms with Crippen molar-refractivity contribution < 1.29 is 14.7 Å². The number of hydrogen-bond acceptors (Lipinski definition) is 4. The Morgan fingerprint density at radius 2 is 2.04 bits per heavy atom. The highest BCUT2D eigenvalue weighted by Gasteiger charge is 2.40. The molecule has 0 bridgehead atoms. The van der Waals surface area contributed by atoms with Crippen LogP contribution in [0.3, 0.4) is 0 Å². The molecule has 23 heavy (non-hydrogen) atoms. The maximum atomic E-state index is 12.4. The highest BCUT2D eigenvalue weighted by Crippen LogP contribution is 2.33. The third kappa shape index (κ3) is 3.59. The van der Waals surface area contributed by atoms with Gasteiger partial charge in [0.05, 0.1) is 17.1 Å². The molecular weight excluding hydrogens is 312 g/mol. The minimum atomic E-state index is -0.839. The van der Waals surface area contributed by atoms with E-state index in [2.05, 4.69) is 4.98 Å². The minimum absolute atomic E-state index is 0.00248. The molecule has 1 N–H and O–H groups in total. The third-order valence-corrected chi connectivity index (χ3v) is 4.93. The van der Waals surface area contributed by atoms with E-state index in [9.17, 15) is 14.7 Å². The highest BCUT2D eigenvalue weighted by atomic mass is 32.1. The molecule has 120 valence electrons. The monoisotopic (exact) mass is 330 g/mol. The molecule has 1 saturated heterocycles. The normalized spacial score (nSPS) is 20.6.